The van der Waals surface area contributed by atoms with Crippen LogP contribution in [0.1, 0.15) is 24.4 Å². The monoisotopic (exact) mass is 389 g/mol. The number of amides is 3. The molecule has 1 saturated heterocycles. The summed E-state index contributed by atoms with van der Waals surface area (Å²) in [6, 6.07) is 18.4. The standard InChI is InChI=1S/C22H23N5O2/c28-21-11-5-13-26(21)16-20(17-7-2-1-3-8-17)25-22(29)24-18-9-4-10-19(15-18)27-14-6-12-23-27/h1-4,6-10,12,14-15,20H,5,11,13,16H2,(H2,24,25,29). The highest BCUT2D eigenvalue weighted by Gasteiger charge is 2.25. The minimum atomic E-state index is -0.317. The smallest absolute Gasteiger partial charge is 0.319 e. The molecule has 0 bridgehead atoms. The Morgan fingerprint density at radius 3 is 2.69 bits per heavy atom. The highest BCUT2D eigenvalue weighted by molar-refractivity contribution is 5.90. The molecule has 0 spiro atoms. The molecule has 1 atom stereocenters. The molecule has 1 unspecified atom stereocenters. The summed E-state index contributed by atoms with van der Waals surface area (Å²) in [5.74, 6) is 0.139. The molecule has 0 radical (unpaired) electrons. The van der Waals surface area contributed by atoms with Gasteiger partial charge in [0.25, 0.3) is 0 Å². The molecule has 2 heterocycles. The van der Waals surface area contributed by atoms with Crippen molar-refractivity contribution >= 4 is 17.6 Å². The first-order valence-corrected chi connectivity index (χ1v) is 9.69. The van der Waals surface area contributed by atoms with Crippen LogP contribution < -0.4 is 10.6 Å². The molecule has 2 N–H and O–H groups in total. The average Bonchev–Trinajstić information content (AvgIpc) is 3.41. The van der Waals surface area contributed by atoms with Crippen molar-refractivity contribution in [2.45, 2.75) is 18.9 Å². The number of urea groups is 1. The molecular formula is C22H23N5O2. The van der Waals surface area contributed by atoms with Gasteiger partial charge in [-0.15, -0.1) is 0 Å². The highest BCUT2D eigenvalue weighted by Crippen LogP contribution is 2.19. The third kappa shape index (κ3) is 4.63. The van der Waals surface area contributed by atoms with Crippen LogP contribution in [0.2, 0.25) is 0 Å². The molecule has 1 aliphatic heterocycles. The lowest BCUT2D eigenvalue weighted by molar-refractivity contribution is -0.128. The van der Waals surface area contributed by atoms with E-state index >= 15 is 0 Å². The van der Waals surface area contributed by atoms with Crippen molar-refractivity contribution in [3.8, 4) is 5.69 Å². The molecule has 4 rings (SSSR count). The summed E-state index contributed by atoms with van der Waals surface area (Å²) >= 11 is 0. The lowest BCUT2D eigenvalue weighted by Crippen LogP contribution is -2.40. The van der Waals surface area contributed by atoms with Gasteiger partial charge in [0.05, 0.1) is 11.7 Å². The van der Waals surface area contributed by atoms with Crippen LogP contribution >= 0.6 is 0 Å². The third-order valence-corrected chi connectivity index (χ3v) is 4.95. The second-order valence-corrected chi connectivity index (χ2v) is 7.01. The SMILES string of the molecule is O=C(Nc1cccc(-n2cccn2)c1)NC(CN1CCCC1=O)c1ccccc1. The molecule has 2 aromatic carbocycles. The quantitative estimate of drug-likeness (QED) is 0.678. The number of hydrogen-bond acceptors (Lipinski definition) is 3. The molecule has 7 nitrogen and oxygen atoms in total. The van der Waals surface area contributed by atoms with E-state index in [-0.39, 0.29) is 18.0 Å². The molecule has 1 aromatic heterocycles. The Morgan fingerprint density at radius 2 is 1.97 bits per heavy atom. The van der Waals surface area contributed by atoms with E-state index < -0.39 is 0 Å². The Morgan fingerprint density at radius 1 is 1.10 bits per heavy atom. The summed E-state index contributed by atoms with van der Waals surface area (Å²) in [4.78, 5) is 26.6. The van der Waals surface area contributed by atoms with Gasteiger partial charge in [-0.25, -0.2) is 9.48 Å². The zero-order valence-corrected chi connectivity index (χ0v) is 16.0. The molecule has 0 saturated carbocycles. The Kier molecular flexibility index (Phi) is 5.56. The zero-order chi connectivity index (χ0) is 20.1. The van der Waals surface area contributed by atoms with Gasteiger partial charge in [-0.2, -0.15) is 5.10 Å². The van der Waals surface area contributed by atoms with Crippen LogP contribution in [0.5, 0.6) is 0 Å². The maximum Gasteiger partial charge on any atom is 0.319 e. The van der Waals surface area contributed by atoms with Crippen molar-refractivity contribution in [2.75, 3.05) is 18.4 Å². The first-order valence-electron chi connectivity index (χ1n) is 9.69. The van der Waals surface area contributed by atoms with E-state index in [1.165, 1.54) is 0 Å². The number of hydrogen-bond donors (Lipinski definition) is 2. The predicted molar refractivity (Wildman–Crippen MR) is 111 cm³/mol. The number of aromatic nitrogens is 2. The lowest BCUT2D eigenvalue weighted by atomic mass is 10.1. The van der Waals surface area contributed by atoms with Gasteiger partial charge in [0.1, 0.15) is 0 Å². The van der Waals surface area contributed by atoms with E-state index in [9.17, 15) is 9.59 Å². The molecule has 3 amide bonds. The molecule has 7 heteroatoms. The Bertz CT molecular complexity index is 972. The molecule has 3 aromatic rings. The van der Waals surface area contributed by atoms with Crippen molar-refractivity contribution in [3.63, 3.8) is 0 Å². The highest BCUT2D eigenvalue weighted by atomic mass is 16.2. The Hall–Kier alpha value is -3.61. The summed E-state index contributed by atoms with van der Waals surface area (Å²) in [7, 11) is 0. The molecule has 1 fully saturated rings. The van der Waals surface area contributed by atoms with Crippen LogP contribution in [0.25, 0.3) is 5.69 Å². The minimum absolute atomic E-state index is 0.139. The van der Waals surface area contributed by atoms with Crippen LogP contribution in [0.4, 0.5) is 10.5 Å². The molecule has 148 valence electrons. The Labute approximate surface area is 169 Å². The normalized spacial score (nSPS) is 14.6. The fourth-order valence-corrected chi connectivity index (χ4v) is 3.51. The summed E-state index contributed by atoms with van der Waals surface area (Å²) in [6.45, 7) is 1.20. The summed E-state index contributed by atoms with van der Waals surface area (Å²) in [5, 5.41) is 10.1. The van der Waals surface area contributed by atoms with Gasteiger partial charge in [0, 0.05) is 37.6 Å². The van der Waals surface area contributed by atoms with E-state index in [0.717, 1.165) is 24.2 Å². The van der Waals surface area contributed by atoms with Gasteiger partial charge in [-0.05, 0) is 36.2 Å². The number of benzene rings is 2. The maximum atomic E-state index is 12.7. The van der Waals surface area contributed by atoms with Gasteiger partial charge >= 0.3 is 6.03 Å². The second kappa shape index (κ2) is 8.60. The van der Waals surface area contributed by atoms with E-state index in [2.05, 4.69) is 15.7 Å². The molecule has 0 aliphatic carbocycles. The molecule has 29 heavy (non-hydrogen) atoms. The molecular weight excluding hydrogens is 366 g/mol. The van der Waals surface area contributed by atoms with Gasteiger partial charge in [-0.1, -0.05) is 36.4 Å². The first kappa shape index (κ1) is 18.7. The first-order chi connectivity index (χ1) is 14.2. The largest absolute Gasteiger partial charge is 0.340 e. The van der Waals surface area contributed by atoms with Crippen LogP contribution in [0, 0.1) is 0 Å². The maximum absolute atomic E-state index is 12.7. The van der Waals surface area contributed by atoms with Crippen molar-refractivity contribution in [1.29, 1.82) is 0 Å². The fraction of sp³-hybridized carbons (Fsp3) is 0.227. The van der Waals surface area contributed by atoms with E-state index in [1.807, 2.05) is 71.8 Å². The third-order valence-electron chi connectivity index (χ3n) is 4.95. The van der Waals surface area contributed by atoms with Gasteiger partial charge < -0.3 is 15.5 Å². The van der Waals surface area contributed by atoms with Crippen molar-refractivity contribution in [2.24, 2.45) is 0 Å². The summed E-state index contributed by atoms with van der Waals surface area (Å²) in [6.07, 6.45) is 5.00. The number of nitrogens with zero attached hydrogens (tertiary/aromatic N) is 3. The van der Waals surface area contributed by atoms with Gasteiger partial charge in [-0.3, -0.25) is 4.79 Å². The van der Waals surface area contributed by atoms with Crippen molar-refractivity contribution in [1.82, 2.24) is 20.0 Å². The number of nitrogens with one attached hydrogen (secondary N) is 2. The van der Waals surface area contributed by atoms with E-state index in [1.54, 1.807) is 10.9 Å². The van der Waals surface area contributed by atoms with E-state index in [4.69, 9.17) is 0 Å². The lowest BCUT2D eigenvalue weighted by Gasteiger charge is -2.25. The van der Waals surface area contributed by atoms with Crippen LogP contribution in [-0.4, -0.2) is 39.7 Å². The summed E-state index contributed by atoms with van der Waals surface area (Å²) < 4.78 is 1.73. The van der Waals surface area contributed by atoms with Crippen LogP contribution in [0.15, 0.2) is 73.1 Å². The van der Waals surface area contributed by atoms with Crippen LogP contribution in [-0.2, 0) is 4.79 Å². The topological polar surface area (TPSA) is 79.3 Å². The fourth-order valence-electron chi connectivity index (χ4n) is 3.51. The minimum Gasteiger partial charge on any atom is -0.340 e. The van der Waals surface area contributed by atoms with Crippen molar-refractivity contribution in [3.05, 3.63) is 78.6 Å². The zero-order valence-electron chi connectivity index (χ0n) is 16.0. The molecule has 1 aliphatic rings. The number of anilines is 1. The van der Waals surface area contributed by atoms with Gasteiger partial charge in [0.15, 0.2) is 0 Å². The number of carbonyl (C=O) groups is 2. The average molecular weight is 389 g/mol. The van der Waals surface area contributed by atoms with E-state index in [0.29, 0.717) is 18.7 Å². The van der Waals surface area contributed by atoms with Crippen LogP contribution in [0.3, 0.4) is 0 Å². The van der Waals surface area contributed by atoms with Gasteiger partial charge in [0.2, 0.25) is 5.91 Å². The Balaban J connectivity index is 1.46. The van der Waals surface area contributed by atoms with Crippen molar-refractivity contribution < 1.29 is 9.59 Å². The summed E-state index contributed by atoms with van der Waals surface area (Å²) in [5.41, 5.74) is 2.49. The predicted octanol–water partition coefficient (Wildman–Crippen LogP) is 3.36. The number of carbonyl (C=O) groups excluding carboxylic acids is 2. The second-order valence-electron chi connectivity index (χ2n) is 7.01. The number of likely N-dealkylation sites (tertiary alicyclic amines) is 1. The number of rotatable bonds is 6.